The summed E-state index contributed by atoms with van der Waals surface area (Å²) in [4.78, 5) is 0.163. The Morgan fingerprint density at radius 3 is 2.50 bits per heavy atom. The number of hydrogen-bond donors (Lipinski definition) is 1. The number of anilines is 1. The summed E-state index contributed by atoms with van der Waals surface area (Å²) in [6.07, 6.45) is 0. The van der Waals surface area contributed by atoms with Crippen LogP contribution in [0.2, 0.25) is 0 Å². The average molecular weight is 440 g/mol. The van der Waals surface area contributed by atoms with Crippen LogP contribution in [0.3, 0.4) is 0 Å². The zero-order valence-electron chi connectivity index (χ0n) is 10.1. The highest BCUT2D eigenvalue weighted by Crippen LogP contribution is 2.28. The molecule has 0 heterocycles. The SMILES string of the molecule is O=S(=O)(Nc1ccccc1CCl)c1cc(Br)ccc1Br. The highest BCUT2D eigenvalue weighted by atomic mass is 79.9. The minimum Gasteiger partial charge on any atom is -0.279 e. The van der Waals surface area contributed by atoms with E-state index in [-0.39, 0.29) is 10.8 Å². The maximum atomic E-state index is 12.4. The Bertz CT molecular complexity index is 735. The summed E-state index contributed by atoms with van der Waals surface area (Å²) in [5.41, 5.74) is 1.21. The number of halogens is 3. The van der Waals surface area contributed by atoms with Crippen LogP contribution in [0.5, 0.6) is 0 Å². The van der Waals surface area contributed by atoms with Gasteiger partial charge in [-0.15, -0.1) is 11.6 Å². The number of rotatable bonds is 4. The Balaban J connectivity index is 2.43. The van der Waals surface area contributed by atoms with E-state index in [0.29, 0.717) is 14.6 Å². The van der Waals surface area contributed by atoms with E-state index in [1.807, 2.05) is 6.07 Å². The van der Waals surface area contributed by atoms with E-state index in [9.17, 15) is 8.42 Å². The molecule has 0 bridgehead atoms. The van der Waals surface area contributed by atoms with Gasteiger partial charge in [0.15, 0.2) is 0 Å². The molecule has 2 aromatic carbocycles. The third-order valence-corrected chi connectivity index (χ3v) is 5.73. The largest absolute Gasteiger partial charge is 0.279 e. The van der Waals surface area contributed by atoms with Gasteiger partial charge < -0.3 is 0 Å². The third kappa shape index (κ3) is 3.55. The zero-order chi connectivity index (χ0) is 14.8. The smallest absolute Gasteiger partial charge is 0.263 e. The predicted octanol–water partition coefficient (Wildman–Crippen LogP) is 4.75. The van der Waals surface area contributed by atoms with Crippen molar-refractivity contribution in [3.8, 4) is 0 Å². The van der Waals surface area contributed by atoms with Crippen molar-refractivity contribution < 1.29 is 8.42 Å². The fraction of sp³-hybridized carbons (Fsp3) is 0.0769. The lowest BCUT2D eigenvalue weighted by Crippen LogP contribution is -2.14. The van der Waals surface area contributed by atoms with E-state index in [0.717, 1.165) is 5.56 Å². The number of sulfonamides is 1. The van der Waals surface area contributed by atoms with E-state index in [2.05, 4.69) is 36.6 Å². The van der Waals surface area contributed by atoms with E-state index >= 15 is 0 Å². The van der Waals surface area contributed by atoms with Crippen molar-refractivity contribution in [2.75, 3.05) is 4.72 Å². The lowest BCUT2D eigenvalue weighted by Gasteiger charge is -2.12. The maximum Gasteiger partial charge on any atom is 0.263 e. The number of nitrogens with one attached hydrogen (secondary N) is 1. The second-order valence-corrected chi connectivity index (χ2v) is 7.66. The zero-order valence-corrected chi connectivity index (χ0v) is 14.9. The van der Waals surface area contributed by atoms with Crippen LogP contribution in [0, 0.1) is 0 Å². The van der Waals surface area contributed by atoms with Crippen LogP contribution in [0.15, 0.2) is 56.3 Å². The molecule has 0 fully saturated rings. The molecule has 0 aliphatic carbocycles. The Morgan fingerprint density at radius 2 is 1.80 bits per heavy atom. The average Bonchev–Trinajstić information content (AvgIpc) is 2.41. The van der Waals surface area contributed by atoms with Crippen molar-refractivity contribution in [1.29, 1.82) is 0 Å². The molecular formula is C13H10Br2ClNO2S. The molecule has 7 heteroatoms. The molecule has 0 aromatic heterocycles. The number of benzene rings is 2. The van der Waals surface area contributed by atoms with E-state index in [4.69, 9.17) is 11.6 Å². The lowest BCUT2D eigenvalue weighted by molar-refractivity contribution is 0.600. The first-order valence-corrected chi connectivity index (χ1v) is 9.16. The van der Waals surface area contributed by atoms with Crippen LogP contribution < -0.4 is 4.72 Å². The molecule has 0 amide bonds. The van der Waals surface area contributed by atoms with Crippen molar-refractivity contribution >= 4 is 59.2 Å². The first-order valence-electron chi connectivity index (χ1n) is 5.56. The fourth-order valence-corrected chi connectivity index (χ4v) is 4.46. The van der Waals surface area contributed by atoms with Gasteiger partial charge in [0.05, 0.1) is 5.69 Å². The highest BCUT2D eigenvalue weighted by molar-refractivity contribution is 9.11. The van der Waals surface area contributed by atoms with E-state index in [1.165, 1.54) is 6.07 Å². The van der Waals surface area contributed by atoms with Crippen molar-refractivity contribution in [2.24, 2.45) is 0 Å². The van der Waals surface area contributed by atoms with Gasteiger partial charge >= 0.3 is 0 Å². The molecule has 3 nitrogen and oxygen atoms in total. The van der Waals surface area contributed by atoms with Gasteiger partial charge in [-0.2, -0.15) is 0 Å². The van der Waals surface area contributed by atoms with Crippen molar-refractivity contribution in [2.45, 2.75) is 10.8 Å². The molecule has 2 aromatic rings. The van der Waals surface area contributed by atoms with Crippen molar-refractivity contribution in [3.63, 3.8) is 0 Å². The van der Waals surface area contributed by atoms with Gasteiger partial charge in [0.1, 0.15) is 4.90 Å². The van der Waals surface area contributed by atoms with Gasteiger partial charge in [-0.25, -0.2) is 8.42 Å². The summed E-state index contributed by atoms with van der Waals surface area (Å²) in [7, 11) is -3.68. The van der Waals surface area contributed by atoms with Gasteiger partial charge in [-0.1, -0.05) is 34.1 Å². The summed E-state index contributed by atoms with van der Waals surface area (Å²) in [5.74, 6) is 0.234. The Hall–Kier alpha value is -0.560. The summed E-state index contributed by atoms with van der Waals surface area (Å²) < 4.78 is 28.6. The standard InChI is InChI=1S/C13H10Br2ClNO2S/c14-10-5-6-11(15)13(7-10)20(18,19)17-12-4-2-1-3-9(12)8-16/h1-7,17H,8H2. The van der Waals surface area contributed by atoms with Gasteiger partial charge in [-0.05, 0) is 45.8 Å². The van der Waals surface area contributed by atoms with Crippen LogP contribution in [-0.4, -0.2) is 8.42 Å². The normalized spacial score (nSPS) is 11.3. The second-order valence-electron chi connectivity index (χ2n) is 3.97. The van der Waals surface area contributed by atoms with Crippen LogP contribution >= 0.6 is 43.5 Å². The van der Waals surface area contributed by atoms with Gasteiger partial charge in [0.25, 0.3) is 10.0 Å². The van der Waals surface area contributed by atoms with Crippen LogP contribution in [0.1, 0.15) is 5.56 Å². The predicted molar refractivity (Wildman–Crippen MR) is 88.6 cm³/mol. The molecule has 0 spiro atoms. The quantitative estimate of drug-likeness (QED) is 0.699. The number of para-hydroxylation sites is 1. The van der Waals surface area contributed by atoms with Gasteiger partial charge in [0.2, 0.25) is 0 Å². The number of alkyl halides is 1. The van der Waals surface area contributed by atoms with Gasteiger partial charge in [0, 0.05) is 14.8 Å². The molecule has 0 radical (unpaired) electrons. The molecule has 1 N–H and O–H groups in total. The molecule has 0 unspecified atom stereocenters. The molecule has 0 aliphatic heterocycles. The molecular weight excluding hydrogens is 429 g/mol. The number of hydrogen-bond acceptors (Lipinski definition) is 2. The Kier molecular flexibility index (Phi) is 5.12. The van der Waals surface area contributed by atoms with E-state index in [1.54, 1.807) is 30.3 Å². The second kappa shape index (κ2) is 6.47. The maximum absolute atomic E-state index is 12.4. The highest BCUT2D eigenvalue weighted by Gasteiger charge is 2.19. The van der Waals surface area contributed by atoms with Crippen LogP contribution in [-0.2, 0) is 15.9 Å². The third-order valence-electron chi connectivity index (χ3n) is 2.59. The molecule has 106 valence electrons. The molecule has 0 aliphatic rings. The van der Waals surface area contributed by atoms with E-state index < -0.39 is 10.0 Å². The topological polar surface area (TPSA) is 46.2 Å². The minimum absolute atomic E-state index is 0.163. The monoisotopic (exact) mass is 437 g/mol. The first kappa shape index (κ1) is 15.8. The summed E-state index contributed by atoms with van der Waals surface area (Å²) in [5, 5.41) is 0. The molecule has 0 saturated carbocycles. The molecule has 0 saturated heterocycles. The fourth-order valence-electron chi connectivity index (χ4n) is 1.62. The first-order chi connectivity index (χ1) is 9.44. The summed E-state index contributed by atoms with van der Waals surface area (Å²) in [6.45, 7) is 0. The molecule has 20 heavy (non-hydrogen) atoms. The lowest BCUT2D eigenvalue weighted by atomic mass is 10.2. The van der Waals surface area contributed by atoms with Crippen LogP contribution in [0.25, 0.3) is 0 Å². The Morgan fingerprint density at radius 1 is 1.10 bits per heavy atom. The van der Waals surface area contributed by atoms with Crippen molar-refractivity contribution in [1.82, 2.24) is 0 Å². The molecule has 2 rings (SSSR count). The summed E-state index contributed by atoms with van der Waals surface area (Å²) >= 11 is 12.3. The molecule has 0 atom stereocenters. The van der Waals surface area contributed by atoms with Gasteiger partial charge in [-0.3, -0.25) is 4.72 Å². The summed E-state index contributed by atoms with van der Waals surface area (Å²) in [6, 6.07) is 12.0. The Labute approximate surface area is 139 Å². The van der Waals surface area contributed by atoms with Crippen molar-refractivity contribution in [3.05, 3.63) is 57.0 Å². The van der Waals surface area contributed by atoms with Crippen LogP contribution in [0.4, 0.5) is 5.69 Å². The minimum atomic E-state index is -3.68.